The second-order valence-corrected chi connectivity index (χ2v) is 5.27. The number of thioether (sulfide) groups is 1. The van der Waals surface area contributed by atoms with E-state index in [0.717, 1.165) is 12.2 Å². The van der Waals surface area contributed by atoms with Crippen LogP contribution < -0.4 is 0 Å². The van der Waals surface area contributed by atoms with E-state index >= 15 is 0 Å². The maximum absolute atomic E-state index is 11.2. The van der Waals surface area contributed by atoms with Crippen LogP contribution in [0.1, 0.15) is 13.3 Å². The summed E-state index contributed by atoms with van der Waals surface area (Å²) in [4.78, 5) is 10.4. The van der Waals surface area contributed by atoms with E-state index in [-0.39, 0.29) is 0 Å². The Morgan fingerprint density at radius 1 is 1.67 bits per heavy atom. The van der Waals surface area contributed by atoms with Gasteiger partial charge in [0.15, 0.2) is 0 Å². The largest absolute Gasteiger partial charge is 0.480 e. The molecule has 0 heterocycles. The first-order valence-electron chi connectivity index (χ1n) is 3.68. The third kappa shape index (κ3) is 4.77. The quantitative estimate of drug-likeness (QED) is 0.663. The standard InChI is InChI=1S/C7H14O3S2/c1-6(7(8)9)12(10)5-3-4-11-2/h6H,3-5H2,1-2H3,(H,8,9). The summed E-state index contributed by atoms with van der Waals surface area (Å²) in [5, 5.41) is 7.78. The summed E-state index contributed by atoms with van der Waals surface area (Å²) in [7, 11) is -1.21. The normalized spacial score (nSPS) is 15.5. The molecule has 0 aromatic heterocycles. The zero-order valence-corrected chi connectivity index (χ0v) is 8.91. The average Bonchev–Trinajstić information content (AvgIpc) is 2.03. The molecule has 0 amide bonds. The van der Waals surface area contributed by atoms with Gasteiger partial charge in [0.05, 0.1) is 0 Å². The number of rotatable bonds is 6. The Balaban J connectivity index is 3.65. The lowest BCUT2D eigenvalue weighted by Gasteiger charge is -2.04. The maximum atomic E-state index is 11.2. The first-order chi connectivity index (χ1) is 5.59. The Morgan fingerprint density at radius 3 is 2.67 bits per heavy atom. The summed E-state index contributed by atoms with van der Waals surface area (Å²) in [6.45, 7) is 1.48. The number of carbonyl (C=O) groups is 1. The SMILES string of the molecule is CSCCCS(=O)C(C)C(=O)O. The Labute approximate surface area is 79.4 Å². The summed E-state index contributed by atoms with van der Waals surface area (Å²) < 4.78 is 11.2. The highest BCUT2D eigenvalue weighted by Crippen LogP contribution is 2.01. The highest BCUT2D eigenvalue weighted by Gasteiger charge is 2.17. The molecule has 5 heteroatoms. The van der Waals surface area contributed by atoms with Gasteiger partial charge >= 0.3 is 5.97 Å². The lowest BCUT2D eigenvalue weighted by molar-refractivity contribution is -0.136. The zero-order chi connectivity index (χ0) is 9.56. The minimum atomic E-state index is -1.21. The van der Waals surface area contributed by atoms with Crippen LogP contribution in [-0.4, -0.2) is 38.3 Å². The molecule has 0 aromatic rings. The predicted octanol–water partition coefficient (Wildman–Crippen LogP) is 0.961. The molecule has 2 unspecified atom stereocenters. The third-order valence-electron chi connectivity index (χ3n) is 1.44. The van der Waals surface area contributed by atoms with Gasteiger partial charge in [0.25, 0.3) is 0 Å². The van der Waals surface area contributed by atoms with Crippen LogP contribution >= 0.6 is 11.8 Å². The van der Waals surface area contributed by atoms with E-state index in [1.165, 1.54) is 6.92 Å². The first kappa shape index (κ1) is 12.0. The monoisotopic (exact) mass is 210 g/mol. The fourth-order valence-corrected chi connectivity index (χ4v) is 2.26. The number of aliphatic carboxylic acids is 1. The van der Waals surface area contributed by atoms with Crippen LogP contribution in [-0.2, 0) is 15.6 Å². The molecule has 12 heavy (non-hydrogen) atoms. The molecule has 0 bridgehead atoms. The third-order valence-corrected chi connectivity index (χ3v) is 3.81. The minimum absolute atomic E-state index is 0.494. The first-order valence-corrected chi connectivity index (χ1v) is 6.46. The van der Waals surface area contributed by atoms with Crippen molar-refractivity contribution in [3.05, 3.63) is 0 Å². The molecule has 3 nitrogen and oxygen atoms in total. The van der Waals surface area contributed by atoms with Crippen molar-refractivity contribution >= 4 is 28.5 Å². The summed E-state index contributed by atoms with van der Waals surface area (Å²) >= 11 is 1.68. The molecule has 2 atom stereocenters. The van der Waals surface area contributed by atoms with Crippen LogP contribution in [0.4, 0.5) is 0 Å². The van der Waals surface area contributed by atoms with Gasteiger partial charge < -0.3 is 5.11 Å². The maximum Gasteiger partial charge on any atom is 0.318 e. The topological polar surface area (TPSA) is 54.4 Å². The van der Waals surface area contributed by atoms with Crippen LogP contribution in [0.3, 0.4) is 0 Å². The highest BCUT2D eigenvalue weighted by molar-refractivity contribution is 7.98. The molecule has 0 saturated heterocycles. The Bertz CT molecular complexity index is 170. The second kappa shape index (κ2) is 6.48. The lowest BCUT2D eigenvalue weighted by Crippen LogP contribution is -2.23. The summed E-state index contributed by atoms with van der Waals surface area (Å²) in [6, 6.07) is 0. The Kier molecular flexibility index (Phi) is 6.47. The van der Waals surface area contributed by atoms with Crippen LogP contribution in [0, 0.1) is 0 Å². The van der Waals surface area contributed by atoms with Crippen LogP contribution in [0.25, 0.3) is 0 Å². The van der Waals surface area contributed by atoms with E-state index in [4.69, 9.17) is 5.11 Å². The number of hydrogen-bond acceptors (Lipinski definition) is 3. The summed E-state index contributed by atoms with van der Waals surface area (Å²) in [6.07, 6.45) is 2.80. The van der Waals surface area contributed by atoms with E-state index in [1.54, 1.807) is 11.8 Å². The molecule has 0 aliphatic rings. The summed E-state index contributed by atoms with van der Waals surface area (Å²) in [5.41, 5.74) is 0. The van der Waals surface area contributed by atoms with Crippen LogP contribution in [0.15, 0.2) is 0 Å². The molecule has 0 aliphatic heterocycles. The van der Waals surface area contributed by atoms with Crippen molar-refractivity contribution in [2.45, 2.75) is 18.6 Å². The van der Waals surface area contributed by atoms with Gasteiger partial charge in [0, 0.05) is 16.6 Å². The van der Waals surface area contributed by atoms with Gasteiger partial charge in [-0.05, 0) is 25.4 Å². The minimum Gasteiger partial charge on any atom is -0.480 e. The molecule has 0 saturated carbocycles. The average molecular weight is 210 g/mol. The van der Waals surface area contributed by atoms with Crippen LogP contribution in [0.2, 0.25) is 0 Å². The molecular weight excluding hydrogens is 196 g/mol. The summed E-state index contributed by atoms with van der Waals surface area (Å²) in [5.74, 6) is 0.462. The molecule has 72 valence electrons. The van der Waals surface area contributed by atoms with Gasteiger partial charge in [0.2, 0.25) is 0 Å². The van der Waals surface area contributed by atoms with Crippen molar-refractivity contribution in [2.24, 2.45) is 0 Å². The van der Waals surface area contributed by atoms with Crippen molar-refractivity contribution in [3.63, 3.8) is 0 Å². The van der Waals surface area contributed by atoms with Gasteiger partial charge in [-0.15, -0.1) is 0 Å². The molecule has 0 rings (SSSR count). The molecule has 0 spiro atoms. The predicted molar refractivity (Wildman–Crippen MR) is 53.1 cm³/mol. The van der Waals surface area contributed by atoms with Gasteiger partial charge in [-0.1, -0.05) is 0 Å². The molecule has 0 aromatic carbocycles. The fraction of sp³-hybridized carbons (Fsp3) is 0.857. The highest BCUT2D eigenvalue weighted by atomic mass is 32.2. The molecular formula is C7H14O3S2. The molecule has 1 N–H and O–H groups in total. The van der Waals surface area contributed by atoms with E-state index in [2.05, 4.69) is 0 Å². The van der Waals surface area contributed by atoms with E-state index in [1.807, 2.05) is 6.26 Å². The fourth-order valence-electron chi connectivity index (χ4n) is 0.635. The molecule has 0 fully saturated rings. The van der Waals surface area contributed by atoms with E-state index < -0.39 is 22.0 Å². The Hall–Kier alpha value is -0.0300. The molecule has 0 aliphatic carbocycles. The van der Waals surface area contributed by atoms with Crippen LogP contribution in [0.5, 0.6) is 0 Å². The van der Waals surface area contributed by atoms with Gasteiger partial charge in [0.1, 0.15) is 5.25 Å². The van der Waals surface area contributed by atoms with Gasteiger partial charge in [-0.2, -0.15) is 11.8 Å². The number of carboxylic acid groups (broad SMARTS) is 1. The number of hydrogen-bond donors (Lipinski definition) is 1. The van der Waals surface area contributed by atoms with Crippen molar-refractivity contribution in [1.82, 2.24) is 0 Å². The lowest BCUT2D eigenvalue weighted by atomic mass is 10.5. The zero-order valence-electron chi connectivity index (χ0n) is 7.28. The van der Waals surface area contributed by atoms with Gasteiger partial charge in [-0.3, -0.25) is 9.00 Å². The number of carboxylic acids is 1. The van der Waals surface area contributed by atoms with Crippen molar-refractivity contribution in [1.29, 1.82) is 0 Å². The molecule has 0 radical (unpaired) electrons. The Morgan fingerprint density at radius 2 is 2.25 bits per heavy atom. The smallest absolute Gasteiger partial charge is 0.318 e. The second-order valence-electron chi connectivity index (χ2n) is 2.41. The van der Waals surface area contributed by atoms with Crippen molar-refractivity contribution in [3.8, 4) is 0 Å². The van der Waals surface area contributed by atoms with Crippen molar-refractivity contribution < 1.29 is 14.1 Å². The van der Waals surface area contributed by atoms with Gasteiger partial charge in [-0.25, -0.2) is 0 Å². The van der Waals surface area contributed by atoms with E-state index in [0.29, 0.717) is 5.75 Å². The van der Waals surface area contributed by atoms with Crippen molar-refractivity contribution in [2.75, 3.05) is 17.8 Å². The van der Waals surface area contributed by atoms with E-state index in [9.17, 15) is 9.00 Å².